The van der Waals surface area contributed by atoms with E-state index >= 15 is 0 Å². The molecule has 0 saturated carbocycles. The molecule has 1 fully saturated rings. The number of rotatable bonds is 5. The predicted octanol–water partition coefficient (Wildman–Crippen LogP) is 1.97. The van der Waals surface area contributed by atoms with E-state index in [1.807, 2.05) is 19.1 Å². The van der Waals surface area contributed by atoms with Gasteiger partial charge in [-0.1, -0.05) is 29.8 Å². The zero-order chi connectivity index (χ0) is 15.6. The number of carboxylic acids is 1. The lowest BCUT2D eigenvalue weighted by Gasteiger charge is -2.33. The van der Waals surface area contributed by atoms with Gasteiger partial charge in [-0.3, -0.25) is 9.69 Å². The van der Waals surface area contributed by atoms with E-state index < -0.39 is 15.8 Å². The molecule has 0 aromatic heterocycles. The summed E-state index contributed by atoms with van der Waals surface area (Å²) in [5, 5.41) is 9.67. The number of hydrogen-bond donors (Lipinski definition) is 1. The molecule has 2 unspecified atom stereocenters. The first-order valence-corrected chi connectivity index (χ1v) is 8.92. The predicted molar refractivity (Wildman–Crippen MR) is 81.3 cm³/mol. The van der Waals surface area contributed by atoms with Crippen LogP contribution in [0, 0.1) is 0 Å². The van der Waals surface area contributed by atoms with Crippen molar-refractivity contribution in [1.82, 2.24) is 4.90 Å². The van der Waals surface area contributed by atoms with Crippen LogP contribution < -0.4 is 0 Å². The zero-order valence-electron chi connectivity index (χ0n) is 11.7. The van der Waals surface area contributed by atoms with E-state index in [2.05, 4.69) is 0 Å². The summed E-state index contributed by atoms with van der Waals surface area (Å²) in [6.45, 7) is 1.65. The van der Waals surface area contributed by atoms with Crippen molar-refractivity contribution in [3.05, 3.63) is 34.9 Å². The second-order valence-electron chi connectivity index (χ2n) is 5.32. The smallest absolute Gasteiger partial charge is 0.317 e. The molecule has 0 aliphatic carbocycles. The minimum Gasteiger partial charge on any atom is -0.480 e. The Bertz CT molecular complexity index is 632. The maximum atomic E-state index is 11.7. The van der Waals surface area contributed by atoms with Crippen molar-refractivity contribution in [3.8, 4) is 0 Å². The highest BCUT2D eigenvalue weighted by Gasteiger charge is 2.36. The standard InChI is InChI=1S/C14H18ClNO4S/c1-10(12-4-2-3-5-13(12)15)16(8-14(17)18)11-6-7-21(19,20)9-11/h2-5,10-11H,6-9H2,1H3,(H,17,18). The molecule has 1 aromatic rings. The summed E-state index contributed by atoms with van der Waals surface area (Å²) >= 11 is 6.17. The molecule has 5 nitrogen and oxygen atoms in total. The molecule has 7 heteroatoms. The lowest BCUT2D eigenvalue weighted by Crippen LogP contribution is -2.41. The summed E-state index contributed by atoms with van der Waals surface area (Å²) in [6.07, 6.45) is 0.463. The molecule has 1 saturated heterocycles. The summed E-state index contributed by atoms with van der Waals surface area (Å²) in [5.74, 6) is -0.851. The molecule has 116 valence electrons. The Hall–Kier alpha value is -1.11. The summed E-state index contributed by atoms with van der Waals surface area (Å²) in [5.41, 5.74) is 0.810. The molecule has 0 bridgehead atoms. The molecule has 0 spiro atoms. The Morgan fingerprint density at radius 3 is 2.67 bits per heavy atom. The Morgan fingerprint density at radius 1 is 1.48 bits per heavy atom. The second-order valence-corrected chi connectivity index (χ2v) is 7.96. The molecule has 1 aliphatic rings. The van der Waals surface area contributed by atoms with Gasteiger partial charge in [0.05, 0.1) is 18.1 Å². The first kappa shape index (κ1) is 16.3. The fraction of sp³-hybridized carbons (Fsp3) is 0.500. The molecule has 0 radical (unpaired) electrons. The highest BCUT2D eigenvalue weighted by molar-refractivity contribution is 7.91. The average molecular weight is 332 g/mol. The Labute approximate surface area is 129 Å². The Morgan fingerprint density at radius 2 is 2.14 bits per heavy atom. The van der Waals surface area contributed by atoms with E-state index in [9.17, 15) is 13.2 Å². The zero-order valence-corrected chi connectivity index (χ0v) is 13.3. The van der Waals surface area contributed by atoms with E-state index in [-0.39, 0.29) is 30.1 Å². The van der Waals surface area contributed by atoms with E-state index in [4.69, 9.17) is 16.7 Å². The van der Waals surface area contributed by atoms with Gasteiger partial charge in [0.25, 0.3) is 0 Å². The van der Waals surface area contributed by atoms with Gasteiger partial charge in [0.1, 0.15) is 0 Å². The molecular formula is C14H18ClNO4S. The van der Waals surface area contributed by atoms with Gasteiger partial charge in [-0.25, -0.2) is 8.42 Å². The van der Waals surface area contributed by atoms with Crippen molar-refractivity contribution >= 4 is 27.4 Å². The highest BCUT2D eigenvalue weighted by Crippen LogP contribution is 2.31. The van der Waals surface area contributed by atoms with Gasteiger partial charge < -0.3 is 5.11 Å². The molecule has 1 N–H and O–H groups in total. The van der Waals surface area contributed by atoms with Crippen LogP contribution >= 0.6 is 11.6 Å². The number of nitrogens with zero attached hydrogens (tertiary/aromatic N) is 1. The fourth-order valence-corrected chi connectivity index (χ4v) is 4.80. The van der Waals surface area contributed by atoms with Crippen LogP contribution in [-0.2, 0) is 14.6 Å². The quantitative estimate of drug-likeness (QED) is 0.893. The Balaban J connectivity index is 2.28. The summed E-state index contributed by atoms with van der Waals surface area (Å²) in [7, 11) is -3.07. The van der Waals surface area contributed by atoms with Gasteiger partial charge in [0.15, 0.2) is 9.84 Å². The number of benzene rings is 1. The number of carbonyl (C=O) groups is 1. The SMILES string of the molecule is CC(c1ccccc1Cl)N(CC(=O)O)C1CCS(=O)(=O)C1. The van der Waals surface area contributed by atoms with Crippen LogP contribution in [0.2, 0.25) is 5.02 Å². The van der Waals surface area contributed by atoms with Gasteiger partial charge >= 0.3 is 5.97 Å². The first-order valence-electron chi connectivity index (χ1n) is 6.72. The van der Waals surface area contributed by atoms with E-state index in [0.29, 0.717) is 11.4 Å². The number of sulfone groups is 1. The fourth-order valence-electron chi connectivity index (χ4n) is 2.77. The molecular weight excluding hydrogens is 314 g/mol. The summed E-state index contributed by atoms with van der Waals surface area (Å²) in [4.78, 5) is 12.8. The van der Waals surface area contributed by atoms with Crippen molar-refractivity contribution in [2.24, 2.45) is 0 Å². The molecule has 2 rings (SSSR count). The van der Waals surface area contributed by atoms with Crippen molar-refractivity contribution < 1.29 is 18.3 Å². The highest BCUT2D eigenvalue weighted by atomic mass is 35.5. The van der Waals surface area contributed by atoms with Crippen LogP contribution in [0.5, 0.6) is 0 Å². The maximum absolute atomic E-state index is 11.7. The molecule has 0 amide bonds. The largest absolute Gasteiger partial charge is 0.480 e. The third-order valence-electron chi connectivity index (χ3n) is 3.85. The van der Waals surface area contributed by atoms with Crippen LogP contribution in [0.3, 0.4) is 0 Å². The minimum absolute atomic E-state index is 0.00900. The molecule has 1 aromatic carbocycles. The number of halogens is 1. The number of aliphatic carboxylic acids is 1. The van der Waals surface area contributed by atoms with Gasteiger partial charge in [-0.15, -0.1) is 0 Å². The third kappa shape index (κ3) is 3.96. The molecule has 1 heterocycles. The average Bonchev–Trinajstić information content (AvgIpc) is 2.76. The molecule has 21 heavy (non-hydrogen) atoms. The minimum atomic E-state index is -3.07. The van der Waals surface area contributed by atoms with Gasteiger partial charge in [0.2, 0.25) is 0 Å². The van der Waals surface area contributed by atoms with Crippen LogP contribution in [-0.4, -0.2) is 48.5 Å². The van der Waals surface area contributed by atoms with E-state index in [1.165, 1.54) is 0 Å². The van der Waals surface area contributed by atoms with Crippen molar-refractivity contribution in [1.29, 1.82) is 0 Å². The summed E-state index contributed by atoms with van der Waals surface area (Å²) in [6, 6.07) is 6.69. The van der Waals surface area contributed by atoms with Crippen LogP contribution in [0.1, 0.15) is 24.9 Å². The topological polar surface area (TPSA) is 74.7 Å². The van der Waals surface area contributed by atoms with Crippen molar-refractivity contribution in [2.45, 2.75) is 25.4 Å². The first-order chi connectivity index (χ1) is 9.80. The van der Waals surface area contributed by atoms with E-state index in [1.54, 1.807) is 17.0 Å². The van der Waals surface area contributed by atoms with E-state index in [0.717, 1.165) is 5.56 Å². The lowest BCUT2D eigenvalue weighted by molar-refractivity contribution is -0.139. The van der Waals surface area contributed by atoms with Gasteiger partial charge in [0, 0.05) is 17.1 Å². The number of hydrogen-bond acceptors (Lipinski definition) is 4. The second kappa shape index (κ2) is 6.34. The van der Waals surface area contributed by atoms with Crippen molar-refractivity contribution in [2.75, 3.05) is 18.1 Å². The van der Waals surface area contributed by atoms with Crippen LogP contribution in [0.25, 0.3) is 0 Å². The van der Waals surface area contributed by atoms with Crippen molar-refractivity contribution in [3.63, 3.8) is 0 Å². The van der Waals surface area contributed by atoms with Crippen LogP contribution in [0.15, 0.2) is 24.3 Å². The summed E-state index contributed by atoms with van der Waals surface area (Å²) < 4.78 is 23.3. The Kier molecular flexibility index (Phi) is 4.91. The maximum Gasteiger partial charge on any atom is 0.317 e. The third-order valence-corrected chi connectivity index (χ3v) is 5.94. The normalized spacial score (nSPS) is 22.3. The lowest BCUT2D eigenvalue weighted by atomic mass is 10.0. The van der Waals surface area contributed by atoms with Gasteiger partial charge in [-0.2, -0.15) is 0 Å². The number of carboxylic acid groups (broad SMARTS) is 1. The monoisotopic (exact) mass is 331 g/mol. The molecule has 2 atom stereocenters. The van der Waals surface area contributed by atoms with Crippen LogP contribution in [0.4, 0.5) is 0 Å². The van der Waals surface area contributed by atoms with Gasteiger partial charge in [-0.05, 0) is 25.0 Å². The molecule has 1 aliphatic heterocycles.